The molecule has 0 aliphatic carbocycles. The summed E-state index contributed by atoms with van der Waals surface area (Å²) in [5.74, 6) is 0.340. The largest absolute Gasteiger partial charge is 0.508 e. The fourth-order valence-electron chi connectivity index (χ4n) is 7.82. The normalized spacial score (nSPS) is 17.4. The summed E-state index contributed by atoms with van der Waals surface area (Å²) in [4.78, 5) is 51.9. The number of piperazine rings is 1. The molecule has 0 aromatic heterocycles. The molecule has 0 bridgehead atoms. The van der Waals surface area contributed by atoms with Gasteiger partial charge in [-0.05, 0) is 115 Å². The van der Waals surface area contributed by atoms with Crippen molar-refractivity contribution in [2.24, 2.45) is 0 Å². The highest BCUT2D eigenvalue weighted by Gasteiger charge is 2.39. The maximum atomic E-state index is 13.1. The first-order valence-electron chi connectivity index (χ1n) is 19.4. The topological polar surface area (TPSA) is 140 Å². The zero-order valence-electron chi connectivity index (χ0n) is 31.9. The number of hydrogen-bond acceptors (Lipinski definition) is 8. The molecule has 7 rings (SSSR count). The van der Waals surface area contributed by atoms with E-state index in [0.717, 1.165) is 92.1 Å². The molecule has 11 heteroatoms. The number of hydrogen-bond donors (Lipinski definition) is 3. The fraction of sp³-hybridized carbons (Fsp3) is 0.333. The van der Waals surface area contributed by atoms with Crippen LogP contribution in [0.15, 0.2) is 97.1 Å². The number of nitrogens with zero attached hydrogens (tertiary/aromatic N) is 3. The Hall–Kier alpha value is -5.94. The highest BCUT2D eigenvalue weighted by atomic mass is 16.5. The first-order valence-corrected chi connectivity index (χ1v) is 19.4. The molecule has 3 N–H and O–H groups in total. The minimum Gasteiger partial charge on any atom is -0.508 e. The van der Waals surface area contributed by atoms with Crippen molar-refractivity contribution in [1.29, 1.82) is 0 Å². The molecular weight excluding hydrogens is 709 g/mol. The number of anilines is 1. The van der Waals surface area contributed by atoms with Crippen LogP contribution in [0.1, 0.15) is 78.1 Å². The summed E-state index contributed by atoms with van der Waals surface area (Å²) in [6.45, 7) is 7.92. The Labute approximate surface area is 328 Å². The van der Waals surface area contributed by atoms with Crippen LogP contribution in [-0.2, 0) is 20.9 Å². The number of carbonyl (C=O) groups excluding carboxylic acids is 3. The highest BCUT2D eigenvalue weighted by molar-refractivity contribution is 6.05. The Morgan fingerprint density at radius 1 is 0.839 bits per heavy atom. The molecule has 0 saturated carbocycles. The molecule has 3 aliphatic rings. The van der Waals surface area contributed by atoms with Crippen molar-refractivity contribution in [2.45, 2.75) is 58.0 Å². The molecule has 56 heavy (non-hydrogen) atoms. The summed E-state index contributed by atoms with van der Waals surface area (Å²) in [5, 5.41) is 19.2. The summed E-state index contributed by atoms with van der Waals surface area (Å²) in [5.41, 5.74) is 8.51. The molecular formula is C45H50N4O7. The lowest BCUT2D eigenvalue weighted by molar-refractivity contribution is -0.137. The SMILES string of the molecule is CCC(=C(c1ccc(O)cc1)c1ccc(OCCCCCN2CCN(c3ccc4c(c3)CN(C3CCC(=O)NC3=O)C4=O)CC2)cc1)c1ccccc1.O=CO. The molecule has 2 saturated heterocycles. The number of phenols is 1. The molecule has 0 spiro atoms. The Bertz CT molecular complexity index is 2010. The summed E-state index contributed by atoms with van der Waals surface area (Å²) in [6.07, 6.45) is 4.73. The van der Waals surface area contributed by atoms with E-state index in [-0.39, 0.29) is 36.4 Å². The Morgan fingerprint density at radius 2 is 1.52 bits per heavy atom. The van der Waals surface area contributed by atoms with Gasteiger partial charge in [0, 0.05) is 50.4 Å². The number of nitrogens with one attached hydrogen (secondary N) is 1. The monoisotopic (exact) mass is 758 g/mol. The Kier molecular flexibility index (Phi) is 13.5. The maximum Gasteiger partial charge on any atom is 0.290 e. The van der Waals surface area contributed by atoms with E-state index in [1.165, 1.54) is 11.1 Å². The number of fused-ring (bicyclic) bond motifs is 1. The molecule has 4 aromatic rings. The first-order chi connectivity index (χ1) is 27.3. The lowest BCUT2D eigenvalue weighted by Gasteiger charge is -2.36. The Balaban J connectivity index is 0.00000172. The van der Waals surface area contributed by atoms with Crippen molar-refractivity contribution < 1.29 is 34.1 Å². The minimum absolute atomic E-state index is 0.132. The van der Waals surface area contributed by atoms with Crippen LogP contribution in [-0.4, -0.2) is 89.6 Å². The van der Waals surface area contributed by atoms with E-state index in [4.69, 9.17) is 14.6 Å². The molecule has 3 amide bonds. The Morgan fingerprint density at radius 3 is 2.18 bits per heavy atom. The van der Waals surface area contributed by atoms with Crippen LogP contribution < -0.4 is 15.0 Å². The van der Waals surface area contributed by atoms with Crippen LogP contribution in [0.5, 0.6) is 11.5 Å². The van der Waals surface area contributed by atoms with Gasteiger partial charge < -0.3 is 24.7 Å². The van der Waals surface area contributed by atoms with Gasteiger partial charge in [-0.3, -0.25) is 29.4 Å². The number of benzene rings is 4. The zero-order valence-corrected chi connectivity index (χ0v) is 31.9. The van der Waals surface area contributed by atoms with Crippen molar-refractivity contribution in [3.63, 3.8) is 0 Å². The van der Waals surface area contributed by atoms with E-state index < -0.39 is 6.04 Å². The van der Waals surface area contributed by atoms with Gasteiger partial charge in [-0.25, -0.2) is 0 Å². The highest BCUT2D eigenvalue weighted by Crippen LogP contribution is 2.36. The molecule has 3 heterocycles. The number of piperidine rings is 1. The zero-order chi connectivity index (χ0) is 39.4. The lowest BCUT2D eigenvalue weighted by Crippen LogP contribution is -2.52. The van der Waals surface area contributed by atoms with Crippen LogP contribution in [0.4, 0.5) is 5.69 Å². The van der Waals surface area contributed by atoms with Gasteiger partial charge in [0.15, 0.2) is 0 Å². The van der Waals surface area contributed by atoms with Gasteiger partial charge >= 0.3 is 0 Å². The summed E-state index contributed by atoms with van der Waals surface area (Å²) in [6, 6.07) is 31.7. The number of amides is 3. The van der Waals surface area contributed by atoms with E-state index in [9.17, 15) is 19.5 Å². The van der Waals surface area contributed by atoms with Crippen molar-refractivity contribution in [3.05, 3.63) is 125 Å². The number of phenolic OH excluding ortho intramolecular Hbond substituents is 1. The number of ether oxygens (including phenoxy) is 1. The fourth-order valence-corrected chi connectivity index (χ4v) is 7.82. The molecule has 292 valence electrons. The van der Waals surface area contributed by atoms with Crippen molar-refractivity contribution in [2.75, 3.05) is 44.2 Å². The average Bonchev–Trinajstić information content (AvgIpc) is 3.54. The van der Waals surface area contributed by atoms with E-state index in [0.29, 0.717) is 25.1 Å². The van der Waals surface area contributed by atoms with Gasteiger partial charge in [0.2, 0.25) is 11.8 Å². The number of imide groups is 1. The average molecular weight is 759 g/mol. The number of carboxylic acid groups (broad SMARTS) is 1. The third kappa shape index (κ3) is 9.64. The number of allylic oxidation sites excluding steroid dienone is 1. The molecule has 1 unspecified atom stereocenters. The molecule has 11 nitrogen and oxygen atoms in total. The van der Waals surface area contributed by atoms with Crippen LogP contribution >= 0.6 is 0 Å². The molecule has 2 fully saturated rings. The summed E-state index contributed by atoms with van der Waals surface area (Å²) < 4.78 is 6.15. The number of unbranched alkanes of at least 4 members (excludes halogenated alkanes) is 2. The number of carbonyl (C=O) groups is 4. The van der Waals surface area contributed by atoms with Gasteiger partial charge in [0.1, 0.15) is 17.5 Å². The van der Waals surface area contributed by atoms with Gasteiger partial charge in [-0.15, -0.1) is 0 Å². The third-order valence-electron chi connectivity index (χ3n) is 10.7. The third-order valence-corrected chi connectivity index (χ3v) is 10.7. The second kappa shape index (κ2) is 19.1. The van der Waals surface area contributed by atoms with E-state index in [2.05, 4.69) is 76.6 Å². The van der Waals surface area contributed by atoms with Gasteiger partial charge in [-0.2, -0.15) is 0 Å². The molecule has 1 atom stereocenters. The quantitative estimate of drug-likeness (QED) is 0.0596. The van der Waals surface area contributed by atoms with Crippen LogP contribution in [0.2, 0.25) is 0 Å². The molecule has 0 radical (unpaired) electrons. The van der Waals surface area contributed by atoms with E-state index in [1.54, 1.807) is 17.0 Å². The summed E-state index contributed by atoms with van der Waals surface area (Å²) in [7, 11) is 0. The second-order valence-corrected chi connectivity index (χ2v) is 14.2. The maximum absolute atomic E-state index is 13.1. The van der Waals surface area contributed by atoms with Gasteiger partial charge in [0.05, 0.1) is 6.61 Å². The summed E-state index contributed by atoms with van der Waals surface area (Å²) >= 11 is 0. The second-order valence-electron chi connectivity index (χ2n) is 14.2. The predicted octanol–water partition coefficient (Wildman–Crippen LogP) is 6.59. The van der Waals surface area contributed by atoms with Crippen LogP contribution in [0.3, 0.4) is 0 Å². The van der Waals surface area contributed by atoms with Gasteiger partial charge in [-0.1, -0.05) is 61.5 Å². The molecule has 3 aliphatic heterocycles. The minimum atomic E-state index is -0.591. The van der Waals surface area contributed by atoms with E-state index in [1.807, 2.05) is 30.3 Å². The number of rotatable bonds is 13. The van der Waals surface area contributed by atoms with Crippen molar-refractivity contribution in [3.8, 4) is 11.5 Å². The van der Waals surface area contributed by atoms with Crippen LogP contribution in [0.25, 0.3) is 11.1 Å². The molecule has 4 aromatic carbocycles. The standard InChI is InChI=1S/C44H48N4O5.CH2O2/c1-2-38(31-9-5-3-6-10-31)42(32-11-16-36(49)17-12-32)33-13-18-37(19-14-33)53-28-8-4-7-23-46-24-26-47(27-25-46)35-15-20-39-34(29-35)30-48(44(39)52)40-21-22-41(50)45-43(40)51;2-1-3/h3,5-6,9-20,29,40,49H,2,4,7-8,21-28,30H2,1H3,(H,45,50,51);1H,(H,2,3). The van der Waals surface area contributed by atoms with E-state index >= 15 is 0 Å². The smallest absolute Gasteiger partial charge is 0.290 e. The van der Waals surface area contributed by atoms with Crippen molar-refractivity contribution >= 4 is 41.0 Å². The van der Waals surface area contributed by atoms with Gasteiger partial charge in [0.25, 0.3) is 12.4 Å². The lowest BCUT2D eigenvalue weighted by atomic mass is 9.88. The van der Waals surface area contributed by atoms with Crippen molar-refractivity contribution in [1.82, 2.24) is 15.1 Å². The van der Waals surface area contributed by atoms with Crippen LogP contribution in [0, 0.1) is 0 Å². The first kappa shape index (κ1) is 39.7. The predicted molar refractivity (Wildman–Crippen MR) is 216 cm³/mol. The number of aromatic hydroxyl groups is 1.